The van der Waals surface area contributed by atoms with Gasteiger partial charge in [0.15, 0.2) is 5.82 Å². The number of para-hydroxylation sites is 1. The van der Waals surface area contributed by atoms with Gasteiger partial charge < -0.3 is 4.74 Å². The standard InChI is InChI=1S/C23H18BrN3O3/c1-14-6-5-7-15(12-14)21-25-20-9-4-3-8-17(20)23(29)27(21)26-22(28)18-13-16(30-2)10-11-19(18)24/h3-13H,1-2H3,(H,26,28). The molecule has 0 radical (unpaired) electrons. The fourth-order valence-electron chi connectivity index (χ4n) is 3.18. The third-order valence-corrected chi connectivity index (χ3v) is 5.37. The van der Waals surface area contributed by atoms with Crippen molar-refractivity contribution in [2.24, 2.45) is 0 Å². The van der Waals surface area contributed by atoms with Gasteiger partial charge in [0.05, 0.1) is 23.6 Å². The molecular formula is C23H18BrN3O3. The Morgan fingerprint density at radius 1 is 1.07 bits per heavy atom. The molecule has 1 amide bonds. The molecule has 4 aromatic rings. The van der Waals surface area contributed by atoms with E-state index < -0.39 is 5.91 Å². The van der Waals surface area contributed by atoms with Gasteiger partial charge in [0.2, 0.25) is 0 Å². The van der Waals surface area contributed by atoms with E-state index in [4.69, 9.17) is 4.74 Å². The van der Waals surface area contributed by atoms with E-state index in [1.807, 2.05) is 37.3 Å². The van der Waals surface area contributed by atoms with Crippen molar-refractivity contribution in [2.75, 3.05) is 12.5 Å². The first-order chi connectivity index (χ1) is 14.5. The summed E-state index contributed by atoms with van der Waals surface area (Å²) < 4.78 is 7.00. The average molecular weight is 464 g/mol. The number of aryl methyl sites for hydroxylation is 1. The zero-order valence-electron chi connectivity index (χ0n) is 16.3. The molecule has 30 heavy (non-hydrogen) atoms. The van der Waals surface area contributed by atoms with Crippen molar-refractivity contribution in [3.63, 3.8) is 0 Å². The molecule has 0 fully saturated rings. The minimum atomic E-state index is -0.464. The molecule has 0 aliphatic heterocycles. The molecule has 0 saturated carbocycles. The van der Waals surface area contributed by atoms with Crippen molar-refractivity contribution in [2.45, 2.75) is 6.92 Å². The zero-order valence-corrected chi connectivity index (χ0v) is 17.9. The molecule has 3 aromatic carbocycles. The molecule has 1 N–H and O–H groups in total. The molecule has 0 aliphatic carbocycles. The van der Waals surface area contributed by atoms with Crippen molar-refractivity contribution in [3.8, 4) is 17.1 Å². The third kappa shape index (κ3) is 3.71. The smallest absolute Gasteiger partial charge is 0.280 e. The van der Waals surface area contributed by atoms with Crippen molar-refractivity contribution >= 4 is 32.7 Å². The number of fused-ring (bicyclic) bond motifs is 1. The van der Waals surface area contributed by atoms with Gasteiger partial charge in [-0.15, -0.1) is 0 Å². The summed E-state index contributed by atoms with van der Waals surface area (Å²) in [5.74, 6) is 0.426. The molecule has 0 unspecified atom stereocenters. The molecule has 0 spiro atoms. The summed E-state index contributed by atoms with van der Waals surface area (Å²) in [6.45, 7) is 1.96. The van der Waals surface area contributed by atoms with Crippen molar-refractivity contribution in [1.82, 2.24) is 9.66 Å². The zero-order chi connectivity index (χ0) is 21.3. The highest BCUT2D eigenvalue weighted by Crippen LogP contribution is 2.24. The topological polar surface area (TPSA) is 73.2 Å². The monoisotopic (exact) mass is 463 g/mol. The Labute approximate surface area is 181 Å². The first-order valence-electron chi connectivity index (χ1n) is 9.21. The van der Waals surface area contributed by atoms with E-state index >= 15 is 0 Å². The summed E-state index contributed by atoms with van der Waals surface area (Å²) in [7, 11) is 1.53. The van der Waals surface area contributed by atoms with E-state index in [1.165, 1.54) is 11.8 Å². The lowest BCUT2D eigenvalue weighted by molar-refractivity contribution is 0.101. The molecule has 1 heterocycles. The van der Waals surface area contributed by atoms with Crippen LogP contribution in [-0.2, 0) is 0 Å². The van der Waals surface area contributed by atoms with E-state index in [-0.39, 0.29) is 5.56 Å². The minimum Gasteiger partial charge on any atom is -0.497 e. The molecular weight excluding hydrogens is 446 g/mol. The van der Waals surface area contributed by atoms with Gasteiger partial charge in [0, 0.05) is 10.0 Å². The number of hydrogen-bond acceptors (Lipinski definition) is 4. The van der Waals surface area contributed by atoms with Crippen LogP contribution >= 0.6 is 15.9 Å². The average Bonchev–Trinajstić information content (AvgIpc) is 2.76. The summed E-state index contributed by atoms with van der Waals surface area (Å²) in [6.07, 6.45) is 0. The van der Waals surface area contributed by atoms with Gasteiger partial charge in [0.25, 0.3) is 11.5 Å². The lowest BCUT2D eigenvalue weighted by Gasteiger charge is -2.16. The van der Waals surface area contributed by atoms with Crippen LogP contribution in [0.15, 0.2) is 76.0 Å². The van der Waals surface area contributed by atoms with Crippen LogP contribution in [0.2, 0.25) is 0 Å². The Kier molecular flexibility index (Phi) is 5.37. The highest BCUT2D eigenvalue weighted by Gasteiger charge is 2.18. The maximum atomic E-state index is 13.3. The summed E-state index contributed by atoms with van der Waals surface area (Å²) in [5, 5.41) is 0.416. The summed E-state index contributed by atoms with van der Waals surface area (Å²) in [5.41, 5.74) is 5.00. The van der Waals surface area contributed by atoms with Gasteiger partial charge in [-0.05, 0) is 59.3 Å². The largest absolute Gasteiger partial charge is 0.497 e. The van der Waals surface area contributed by atoms with Crippen LogP contribution in [0, 0.1) is 6.92 Å². The summed E-state index contributed by atoms with van der Waals surface area (Å²) >= 11 is 3.39. The van der Waals surface area contributed by atoms with E-state index in [1.54, 1.807) is 36.4 Å². The highest BCUT2D eigenvalue weighted by atomic mass is 79.9. The second-order valence-electron chi connectivity index (χ2n) is 6.75. The Morgan fingerprint density at radius 3 is 2.63 bits per heavy atom. The van der Waals surface area contributed by atoms with Crippen molar-refractivity contribution in [3.05, 3.63) is 92.7 Å². The molecule has 0 saturated heterocycles. The van der Waals surface area contributed by atoms with Crippen LogP contribution in [0.25, 0.3) is 22.3 Å². The number of rotatable bonds is 4. The Hall–Kier alpha value is -3.45. The minimum absolute atomic E-state index is 0.338. The Bertz CT molecular complexity index is 1330. The number of amides is 1. The number of nitrogens with zero attached hydrogens (tertiary/aromatic N) is 2. The molecule has 0 bridgehead atoms. The van der Waals surface area contributed by atoms with Crippen LogP contribution in [0.3, 0.4) is 0 Å². The second-order valence-corrected chi connectivity index (χ2v) is 7.60. The van der Waals surface area contributed by atoms with Crippen LogP contribution < -0.4 is 15.7 Å². The SMILES string of the molecule is COc1ccc(Br)c(C(=O)Nn2c(-c3cccc(C)c3)nc3ccccc3c2=O)c1. The predicted octanol–water partition coefficient (Wildman–Crippen LogP) is 4.53. The maximum Gasteiger partial charge on any atom is 0.280 e. The van der Waals surface area contributed by atoms with Crippen molar-refractivity contribution in [1.29, 1.82) is 0 Å². The van der Waals surface area contributed by atoms with Crippen LogP contribution in [0.4, 0.5) is 0 Å². The van der Waals surface area contributed by atoms with Crippen LogP contribution in [-0.4, -0.2) is 22.7 Å². The van der Waals surface area contributed by atoms with E-state index in [9.17, 15) is 9.59 Å². The lowest BCUT2D eigenvalue weighted by Crippen LogP contribution is -2.35. The lowest BCUT2D eigenvalue weighted by atomic mass is 10.1. The fourth-order valence-corrected chi connectivity index (χ4v) is 3.61. The van der Waals surface area contributed by atoms with Gasteiger partial charge in [-0.3, -0.25) is 15.0 Å². The second kappa shape index (κ2) is 8.12. The predicted molar refractivity (Wildman–Crippen MR) is 121 cm³/mol. The molecule has 0 atom stereocenters. The summed E-state index contributed by atoms with van der Waals surface area (Å²) in [6, 6.07) is 19.7. The number of benzene rings is 3. The Balaban J connectivity index is 1.89. The quantitative estimate of drug-likeness (QED) is 0.482. The molecule has 4 rings (SSSR count). The normalized spacial score (nSPS) is 10.8. The van der Waals surface area contributed by atoms with E-state index in [2.05, 4.69) is 26.3 Å². The number of carbonyl (C=O) groups excluding carboxylic acids is 1. The molecule has 6 nitrogen and oxygen atoms in total. The summed E-state index contributed by atoms with van der Waals surface area (Å²) in [4.78, 5) is 31.0. The van der Waals surface area contributed by atoms with Gasteiger partial charge in [0.1, 0.15) is 5.75 Å². The fraction of sp³-hybridized carbons (Fsp3) is 0.0870. The van der Waals surface area contributed by atoms with Gasteiger partial charge in [-0.1, -0.05) is 35.9 Å². The maximum absolute atomic E-state index is 13.3. The van der Waals surface area contributed by atoms with Crippen LogP contribution in [0.1, 0.15) is 15.9 Å². The first kappa shape index (κ1) is 19.8. The van der Waals surface area contributed by atoms with Crippen LogP contribution in [0.5, 0.6) is 5.75 Å². The number of carbonyl (C=O) groups is 1. The van der Waals surface area contributed by atoms with E-state index in [0.717, 1.165) is 11.1 Å². The number of methoxy groups -OCH3 is 1. The van der Waals surface area contributed by atoms with Crippen molar-refractivity contribution < 1.29 is 9.53 Å². The molecule has 7 heteroatoms. The molecule has 150 valence electrons. The number of aromatic nitrogens is 2. The third-order valence-electron chi connectivity index (χ3n) is 4.68. The highest BCUT2D eigenvalue weighted by molar-refractivity contribution is 9.10. The van der Waals surface area contributed by atoms with Gasteiger partial charge in [-0.2, -0.15) is 4.68 Å². The number of nitrogens with one attached hydrogen (secondary N) is 1. The first-order valence-corrected chi connectivity index (χ1v) is 10.0. The Morgan fingerprint density at radius 2 is 1.87 bits per heavy atom. The van der Waals surface area contributed by atoms with Gasteiger partial charge >= 0.3 is 0 Å². The number of ether oxygens (including phenoxy) is 1. The molecule has 1 aromatic heterocycles. The molecule has 0 aliphatic rings. The number of halogens is 1. The van der Waals surface area contributed by atoms with E-state index in [0.29, 0.717) is 32.5 Å². The van der Waals surface area contributed by atoms with Gasteiger partial charge in [-0.25, -0.2) is 4.98 Å². The number of hydrogen-bond donors (Lipinski definition) is 1.